The number of halogens is 1. The molecule has 0 saturated heterocycles. The second-order valence-corrected chi connectivity index (χ2v) is 4.59. The van der Waals surface area contributed by atoms with Crippen molar-refractivity contribution >= 4 is 15.9 Å². The van der Waals surface area contributed by atoms with Crippen LogP contribution in [0.15, 0.2) is 27.6 Å². The van der Waals surface area contributed by atoms with Gasteiger partial charge in [0.05, 0.1) is 19.6 Å². The highest BCUT2D eigenvalue weighted by atomic mass is 79.9. The Hall–Kier alpha value is -1.27. The van der Waals surface area contributed by atoms with Gasteiger partial charge < -0.3 is 14.3 Å². The van der Waals surface area contributed by atoms with Gasteiger partial charge in [-0.25, -0.2) is 0 Å². The molecule has 18 heavy (non-hydrogen) atoms. The molecular formula is C12H15BrN2O3. The molecule has 0 aromatic carbocycles. The van der Waals surface area contributed by atoms with Crippen LogP contribution in [-0.2, 0) is 6.54 Å². The van der Waals surface area contributed by atoms with Gasteiger partial charge >= 0.3 is 0 Å². The van der Waals surface area contributed by atoms with Crippen LogP contribution in [0.2, 0.25) is 0 Å². The lowest BCUT2D eigenvalue weighted by molar-refractivity contribution is 0.200. The molecule has 0 saturated carbocycles. The van der Waals surface area contributed by atoms with E-state index >= 15 is 0 Å². The van der Waals surface area contributed by atoms with Crippen molar-refractivity contribution < 1.29 is 14.3 Å². The highest BCUT2D eigenvalue weighted by molar-refractivity contribution is 9.10. The predicted octanol–water partition coefficient (Wildman–Crippen LogP) is 2.74. The molecule has 1 atom stereocenters. The minimum Gasteiger partial charge on any atom is -0.493 e. The molecule has 1 N–H and O–H groups in total. The topological polar surface area (TPSA) is 60.4 Å². The summed E-state index contributed by atoms with van der Waals surface area (Å²) in [6.45, 7) is 2.78. The number of furan rings is 1. The first kappa shape index (κ1) is 13.2. The third kappa shape index (κ3) is 2.30. The molecule has 2 aromatic heterocycles. The van der Waals surface area contributed by atoms with Crippen LogP contribution < -0.4 is 4.74 Å². The molecule has 2 aromatic rings. The Morgan fingerprint density at radius 2 is 2.39 bits per heavy atom. The lowest BCUT2D eigenvalue weighted by Crippen LogP contribution is -2.11. The molecule has 2 rings (SSSR count). The molecule has 2 heterocycles. The second-order valence-electron chi connectivity index (χ2n) is 3.87. The van der Waals surface area contributed by atoms with E-state index in [1.54, 1.807) is 24.1 Å². The summed E-state index contributed by atoms with van der Waals surface area (Å²) in [7, 11) is 1.56. The van der Waals surface area contributed by atoms with Crippen molar-refractivity contribution in [2.75, 3.05) is 7.11 Å². The predicted molar refractivity (Wildman–Crippen MR) is 69.5 cm³/mol. The first-order chi connectivity index (χ1) is 8.69. The van der Waals surface area contributed by atoms with E-state index in [0.29, 0.717) is 21.7 Å². The summed E-state index contributed by atoms with van der Waals surface area (Å²) < 4.78 is 12.7. The number of rotatable bonds is 5. The number of nitrogens with zero attached hydrogens (tertiary/aromatic N) is 2. The molecule has 5 nitrogen and oxygen atoms in total. The van der Waals surface area contributed by atoms with E-state index in [9.17, 15) is 5.11 Å². The average Bonchev–Trinajstić information content (AvgIpc) is 2.95. The first-order valence-electron chi connectivity index (χ1n) is 5.69. The Labute approximate surface area is 113 Å². The fourth-order valence-corrected chi connectivity index (χ4v) is 2.30. The van der Waals surface area contributed by atoms with Crippen molar-refractivity contribution in [2.45, 2.75) is 26.0 Å². The van der Waals surface area contributed by atoms with E-state index in [0.717, 1.165) is 13.0 Å². The van der Waals surface area contributed by atoms with E-state index in [-0.39, 0.29) is 0 Å². The number of aliphatic hydroxyl groups excluding tert-OH is 1. The number of aromatic nitrogens is 2. The summed E-state index contributed by atoms with van der Waals surface area (Å²) in [6.07, 6.45) is 3.23. The van der Waals surface area contributed by atoms with Crippen LogP contribution in [0.3, 0.4) is 0 Å². The zero-order valence-corrected chi connectivity index (χ0v) is 11.8. The summed E-state index contributed by atoms with van der Waals surface area (Å²) in [6, 6.07) is 1.72. The van der Waals surface area contributed by atoms with Crippen molar-refractivity contribution in [3.8, 4) is 5.75 Å². The fourth-order valence-electron chi connectivity index (χ4n) is 1.85. The van der Waals surface area contributed by atoms with Gasteiger partial charge in [-0.1, -0.05) is 6.92 Å². The smallest absolute Gasteiger partial charge is 0.175 e. The minimum absolute atomic E-state index is 0.515. The monoisotopic (exact) mass is 314 g/mol. The maximum absolute atomic E-state index is 10.4. The summed E-state index contributed by atoms with van der Waals surface area (Å²) >= 11 is 3.27. The van der Waals surface area contributed by atoms with Gasteiger partial charge in [0.25, 0.3) is 0 Å². The number of aliphatic hydroxyl groups is 1. The zero-order valence-electron chi connectivity index (χ0n) is 10.3. The number of methoxy groups -OCH3 is 1. The summed E-state index contributed by atoms with van der Waals surface area (Å²) in [4.78, 5) is 0. The van der Waals surface area contributed by atoms with Crippen LogP contribution in [0.4, 0.5) is 0 Å². The lowest BCUT2D eigenvalue weighted by atomic mass is 10.1. The van der Waals surface area contributed by atoms with Crippen LogP contribution in [-0.4, -0.2) is 22.0 Å². The van der Waals surface area contributed by atoms with E-state index in [2.05, 4.69) is 28.0 Å². The number of ether oxygens (including phenoxy) is 1. The van der Waals surface area contributed by atoms with Crippen LogP contribution in [0.25, 0.3) is 0 Å². The van der Waals surface area contributed by atoms with Crippen LogP contribution in [0.5, 0.6) is 5.75 Å². The number of aryl methyl sites for hydroxylation is 1. The summed E-state index contributed by atoms with van der Waals surface area (Å²) in [5.74, 6) is 0.573. The quantitative estimate of drug-likeness (QED) is 0.921. The normalized spacial score (nSPS) is 12.7. The molecule has 0 spiro atoms. The molecule has 0 fully saturated rings. The highest BCUT2D eigenvalue weighted by Gasteiger charge is 2.24. The van der Waals surface area contributed by atoms with Crippen molar-refractivity contribution in [3.63, 3.8) is 0 Å². The number of hydrogen-bond donors (Lipinski definition) is 1. The van der Waals surface area contributed by atoms with Gasteiger partial charge in [-0.15, -0.1) is 0 Å². The van der Waals surface area contributed by atoms with Crippen molar-refractivity contribution in [3.05, 3.63) is 34.5 Å². The van der Waals surface area contributed by atoms with E-state index in [1.165, 1.54) is 6.26 Å². The molecule has 1 unspecified atom stereocenters. The second kappa shape index (κ2) is 5.58. The molecule has 0 radical (unpaired) electrons. The van der Waals surface area contributed by atoms with E-state index < -0.39 is 6.10 Å². The molecule has 0 bridgehead atoms. The van der Waals surface area contributed by atoms with Crippen molar-refractivity contribution in [1.82, 2.24) is 9.78 Å². The lowest BCUT2D eigenvalue weighted by Gasteiger charge is -2.13. The number of hydrogen-bond acceptors (Lipinski definition) is 4. The van der Waals surface area contributed by atoms with Gasteiger partial charge in [-0.05, 0) is 28.4 Å². The van der Waals surface area contributed by atoms with Crippen LogP contribution >= 0.6 is 15.9 Å². The van der Waals surface area contributed by atoms with Gasteiger partial charge in [-0.3, -0.25) is 4.68 Å². The first-order valence-corrected chi connectivity index (χ1v) is 6.49. The highest BCUT2D eigenvalue weighted by Crippen LogP contribution is 2.34. The SMILES string of the molecule is CCCn1ncc(OC)c1C(O)c1ccoc1Br. The molecular weight excluding hydrogens is 300 g/mol. The molecule has 6 heteroatoms. The van der Waals surface area contributed by atoms with Gasteiger partial charge in [0.15, 0.2) is 10.4 Å². The standard InChI is InChI=1S/C12H15BrN2O3/c1-3-5-15-10(9(17-2)7-14-15)11(16)8-4-6-18-12(8)13/h4,6-7,11,16H,3,5H2,1-2H3. The molecule has 0 amide bonds. The third-order valence-corrected chi connectivity index (χ3v) is 3.34. The van der Waals surface area contributed by atoms with Crippen LogP contribution in [0.1, 0.15) is 30.7 Å². The molecule has 0 aliphatic rings. The molecule has 0 aliphatic carbocycles. The minimum atomic E-state index is -0.831. The Morgan fingerprint density at radius 3 is 2.94 bits per heavy atom. The maximum atomic E-state index is 10.4. The average molecular weight is 315 g/mol. The fraction of sp³-hybridized carbons (Fsp3) is 0.417. The largest absolute Gasteiger partial charge is 0.493 e. The van der Waals surface area contributed by atoms with Crippen LogP contribution in [0, 0.1) is 0 Å². The van der Waals surface area contributed by atoms with Crippen molar-refractivity contribution in [1.29, 1.82) is 0 Å². The van der Waals surface area contributed by atoms with E-state index in [1.807, 2.05) is 0 Å². The molecule has 0 aliphatic heterocycles. The zero-order chi connectivity index (χ0) is 13.1. The van der Waals surface area contributed by atoms with Gasteiger partial charge in [-0.2, -0.15) is 5.10 Å². The van der Waals surface area contributed by atoms with Gasteiger partial charge in [0.1, 0.15) is 11.8 Å². The van der Waals surface area contributed by atoms with Gasteiger partial charge in [0.2, 0.25) is 0 Å². The van der Waals surface area contributed by atoms with Gasteiger partial charge in [0, 0.05) is 12.1 Å². The third-order valence-electron chi connectivity index (χ3n) is 2.70. The Bertz CT molecular complexity index is 521. The Morgan fingerprint density at radius 1 is 1.61 bits per heavy atom. The molecule has 98 valence electrons. The Kier molecular flexibility index (Phi) is 4.08. The summed E-state index contributed by atoms with van der Waals surface area (Å²) in [5, 5.41) is 14.7. The maximum Gasteiger partial charge on any atom is 0.175 e. The van der Waals surface area contributed by atoms with E-state index in [4.69, 9.17) is 9.15 Å². The van der Waals surface area contributed by atoms with Crippen molar-refractivity contribution in [2.24, 2.45) is 0 Å². The summed E-state index contributed by atoms with van der Waals surface area (Å²) in [5.41, 5.74) is 1.30. The Balaban J connectivity index is 2.42.